The van der Waals surface area contributed by atoms with E-state index in [1.165, 1.54) is 4.90 Å². The van der Waals surface area contributed by atoms with Gasteiger partial charge >= 0.3 is 5.97 Å². The Bertz CT molecular complexity index is 643. The van der Waals surface area contributed by atoms with Crippen LogP contribution in [0.25, 0.3) is 0 Å². The Morgan fingerprint density at radius 3 is 2.50 bits per heavy atom. The fourth-order valence-corrected chi connectivity index (χ4v) is 2.93. The van der Waals surface area contributed by atoms with Crippen molar-refractivity contribution in [1.29, 1.82) is 5.26 Å². The van der Waals surface area contributed by atoms with Crippen LogP contribution in [-0.4, -0.2) is 43.4 Å². The quantitative estimate of drug-likeness (QED) is 0.833. The Morgan fingerprint density at radius 1 is 1.36 bits per heavy atom. The molecule has 1 N–H and O–H groups in total. The molecule has 0 aliphatic heterocycles. The minimum Gasteiger partial charge on any atom is -0.462 e. The first-order valence-corrected chi connectivity index (χ1v) is 7.34. The number of thiophene rings is 1. The second-order valence-corrected chi connectivity index (χ2v) is 5.58. The molecule has 0 unspecified atom stereocenters. The van der Waals surface area contributed by atoms with E-state index in [0.717, 1.165) is 11.3 Å². The summed E-state index contributed by atoms with van der Waals surface area (Å²) in [6, 6.07) is 1.73. The maximum Gasteiger partial charge on any atom is 0.341 e. The van der Waals surface area contributed by atoms with Crippen LogP contribution in [0.5, 0.6) is 0 Å². The van der Waals surface area contributed by atoms with Gasteiger partial charge in [-0.2, -0.15) is 5.26 Å². The molecule has 8 heteroatoms. The van der Waals surface area contributed by atoms with E-state index < -0.39 is 11.9 Å². The summed E-state index contributed by atoms with van der Waals surface area (Å²) in [5.74, 6) is -1.42. The van der Waals surface area contributed by atoms with Crippen molar-refractivity contribution in [3.8, 4) is 6.07 Å². The lowest BCUT2D eigenvalue weighted by molar-refractivity contribution is -0.115. The number of amides is 2. The molecule has 0 spiro atoms. The fraction of sp³-hybridized carbons (Fsp3) is 0.429. The van der Waals surface area contributed by atoms with Crippen LogP contribution >= 0.6 is 11.3 Å². The van der Waals surface area contributed by atoms with Gasteiger partial charge in [0.15, 0.2) is 0 Å². The third kappa shape index (κ3) is 3.83. The number of nitrogens with one attached hydrogen (secondary N) is 1. The molecular weight excluding hydrogens is 306 g/mol. The first kappa shape index (κ1) is 17.7. The number of nitrogens with zero attached hydrogens (tertiary/aromatic N) is 2. The first-order valence-electron chi connectivity index (χ1n) is 6.52. The molecule has 22 heavy (non-hydrogen) atoms. The summed E-state index contributed by atoms with van der Waals surface area (Å²) in [6.07, 6.45) is -0.337. The molecule has 0 saturated carbocycles. The van der Waals surface area contributed by atoms with Crippen LogP contribution in [0.4, 0.5) is 5.00 Å². The highest BCUT2D eigenvalue weighted by Gasteiger charge is 2.27. The van der Waals surface area contributed by atoms with Crippen LogP contribution in [0.15, 0.2) is 0 Å². The lowest BCUT2D eigenvalue weighted by Crippen LogP contribution is -2.21. The molecule has 0 aliphatic rings. The van der Waals surface area contributed by atoms with E-state index in [-0.39, 0.29) is 29.5 Å². The second kappa shape index (κ2) is 7.56. The third-order valence-corrected chi connectivity index (χ3v) is 3.91. The number of hydrogen-bond donors (Lipinski definition) is 1. The lowest BCUT2D eigenvalue weighted by Gasteiger charge is -2.09. The Balaban J connectivity index is 3.31. The van der Waals surface area contributed by atoms with Crippen LogP contribution in [-0.2, 0) is 9.53 Å². The average Bonchev–Trinajstić information content (AvgIpc) is 2.74. The molecule has 0 radical (unpaired) electrons. The van der Waals surface area contributed by atoms with Crippen molar-refractivity contribution >= 4 is 34.1 Å². The highest BCUT2D eigenvalue weighted by molar-refractivity contribution is 7.18. The lowest BCUT2D eigenvalue weighted by atomic mass is 10.1. The third-order valence-electron chi connectivity index (χ3n) is 2.72. The molecule has 0 fully saturated rings. The largest absolute Gasteiger partial charge is 0.462 e. The zero-order valence-electron chi connectivity index (χ0n) is 12.8. The van der Waals surface area contributed by atoms with Crippen molar-refractivity contribution in [3.05, 3.63) is 16.0 Å². The molecule has 0 aromatic carbocycles. The van der Waals surface area contributed by atoms with Crippen molar-refractivity contribution in [2.75, 3.05) is 26.0 Å². The smallest absolute Gasteiger partial charge is 0.341 e. The van der Waals surface area contributed by atoms with Gasteiger partial charge in [0.1, 0.15) is 11.4 Å². The van der Waals surface area contributed by atoms with Crippen molar-refractivity contribution in [2.45, 2.75) is 20.3 Å². The number of carbonyl (C=O) groups excluding carboxylic acids is 3. The van der Waals surface area contributed by atoms with Crippen molar-refractivity contribution in [1.82, 2.24) is 4.90 Å². The standard InChI is InChI=1S/C14H17N3O4S/c1-5-21-14(20)10-8(2)11(13(19)17(3)4)22-12(10)16-9(18)6-7-15/h5-6H2,1-4H3,(H,16,18). The Morgan fingerprint density at radius 2 is 2.00 bits per heavy atom. The Hall–Kier alpha value is -2.40. The van der Waals surface area contributed by atoms with Crippen LogP contribution in [0.1, 0.15) is 38.9 Å². The van der Waals surface area contributed by atoms with E-state index in [1.807, 2.05) is 0 Å². The predicted molar refractivity (Wildman–Crippen MR) is 81.9 cm³/mol. The molecule has 0 bridgehead atoms. The average molecular weight is 323 g/mol. The number of ether oxygens (including phenoxy) is 1. The number of rotatable bonds is 5. The molecule has 0 aliphatic carbocycles. The number of hydrogen-bond acceptors (Lipinski definition) is 6. The van der Waals surface area contributed by atoms with Gasteiger partial charge in [-0.1, -0.05) is 0 Å². The predicted octanol–water partition coefficient (Wildman–Crippen LogP) is 1.79. The van der Waals surface area contributed by atoms with Gasteiger partial charge in [-0.25, -0.2) is 4.79 Å². The molecule has 0 atom stereocenters. The maximum absolute atomic E-state index is 12.1. The molecule has 1 aromatic heterocycles. The van der Waals surface area contributed by atoms with Gasteiger partial charge in [0.2, 0.25) is 5.91 Å². The van der Waals surface area contributed by atoms with Crippen molar-refractivity contribution in [2.24, 2.45) is 0 Å². The van der Waals surface area contributed by atoms with Gasteiger partial charge in [-0.3, -0.25) is 9.59 Å². The summed E-state index contributed by atoms with van der Waals surface area (Å²) in [7, 11) is 3.19. The molecule has 118 valence electrons. The van der Waals surface area contributed by atoms with Gasteiger partial charge < -0.3 is 15.0 Å². The summed E-state index contributed by atoms with van der Waals surface area (Å²) in [5, 5.41) is 11.3. The fourth-order valence-electron chi connectivity index (χ4n) is 1.70. The number of carbonyl (C=O) groups is 3. The van der Waals surface area contributed by atoms with Crippen LogP contribution < -0.4 is 5.32 Å². The minimum atomic E-state index is -0.610. The van der Waals surface area contributed by atoms with Gasteiger partial charge in [0.25, 0.3) is 5.91 Å². The number of esters is 1. The monoisotopic (exact) mass is 323 g/mol. The van der Waals surface area contributed by atoms with E-state index in [9.17, 15) is 14.4 Å². The Labute approximate surface area is 132 Å². The van der Waals surface area contributed by atoms with Crippen LogP contribution in [0, 0.1) is 18.3 Å². The molecule has 1 heterocycles. The van der Waals surface area contributed by atoms with E-state index in [0.29, 0.717) is 10.4 Å². The van der Waals surface area contributed by atoms with E-state index in [1.54, 1.807) is 34.0 Å². The van der Waals surface area contributed by atoms with Crippen molar-refractivity contribution in [3.63, 3.8) is 0 Å². The summed E-state index contributed by atoms with van der Waals surface area (Å²) in [5.41, 5.74) is 0.609. The van der Waals surface area contributed by atoms with Crippen LogP contribution in [0.3, 0.4) is 0 Å². The van der Waals surface area contributed by atoms with Crippen molar-refractivity contribution < 1.29 is 19.1 Å². The van der Waals surface area contributed by atoms with E-state index in [2.05, 4.69) is 5.32 Å². The normalized spacial score (nSPS) is 9.77. The number of nitriles is 1. The zero-order chi connectivity index (χ0) is 16.9. The highest BCUT2D eigenvalue weighted by atomic mass is 32.1. The molecule has 0 saturated heterocycles. The highest BCUT2D eigenvalue weighted by Crippen LogP contribution is 2.34. The summed E-state index contributed by atoms with van der Waals surface area (Å²) in [6.45, 7) is 3.47. The molecule has 1 aromatic rings. The van der Waals surface area contributed by atoms with E-state index in [4.69, 9.17) is 10.00 Å². The maximum atomic E-state index is 12.1. The SMILES string of the molecule is CCOC(=O)c1c(NC(=O)CC#N)sc(C(=O)N(C)C)c1C. The molecule has 2 amide bonds. The van der Waals surface area contributed by atoms with Gasteiger partial charge in [-0.15, -0.1) is 11.3 Å². The summed E-state index contributed by atoms with van der Waals surface area (Å²) < 4.78 is 4.97. The molecule has 1 rings (SSSR count). The molecule has 7 nitrogen and oxygen atoms in total. The first-order chi connectivity index (χ1) is 10.3. The van der Waals surface area contributed by atoms with Gasteiger partial charge in [0.05, 0.1) is 23.1 Å². The summed E-state index contributed by atoms with van der Waals surface area (Å²) in [4.78, 5) is 37.5. The zero-order valence-corrected chi connectivity index (χ0v) is 13.7. The number of anilines is 1. The van der Waals surface area contributed by atoms with E-state index >= 15 is 0 Å². The molecular formula is C14H17N3O4S. The minimum absolute atomic E-state index is 0.156. The Kier molecular flexibility index (Phi) is 6.07. The van der Waals surface area contributed by atoms with Crippen LogP contribution in [0.2, 0.25) is 0 Å². The second-order valence-electron chi connectivity index (χ2n) is 4.56. The summed E-state index contributed by atoms with van der Waals surface area (Å²) >= 11 is 0.998. The van der Waals surface area contributed by atoms with Gasteiger partial charge in [0, 0.05) is 14.1 Å². The van der Waals surface area contributed by atoms with Gasteiger partial charge in [-0.05, 0) is 19.4 Å². The topological polar surface area (TPSA) is 99.5 Å².